The second-order valence-electron chi connectivity index (χ2n) is 4.34. The maximum absolute atomic E-state index is 12.7. The third-order valence-corrected chi connectivity index (χ3v) is 2.81. The van der Waals surface area contributed by atoms with Crippen molar-refractivity contribution in [1.29, 1.82) is 0 Å². The Balaban J connectivity index is 2.57. The monoisotopic (exact) mass is 297 g/mol. The second-order valence-corrected chi connectivity index (χ2v) is 4.34. The number of aliphatic carboxylic acids is 1. The topological polar surface area (TPSA) is 92.7 Å². The highest BCUT2D eigenvalue weighted by molar-refractivity contribution is 5.96. The number of hydrogen-bond donors (Lipinski definition) is 2. The molecule has 0 bridgehead atoms. The van der Waals surface area contributed by atoms with E-state index in [4.69, 9.17) is 5.11 Å². The van der Waals surface area contributed by atoms with Crippen molar-refractivity contribution in [1.82, 2.24) is 5.32 Å². The van der Waals surface area contributed by atoms with Crippen LogP contribution in [0.5, 0.6) is 0 Å². The Morgan fingerprint density at radius 1 is 1.29 bits per heavy atom. The standard InChI is InChI=1S/C14H16FNO5/c1-21-12(17)4-2-3-11(14(19)20)16-13(18)9-5-7-10(15)8-6-9/h5-8,11H,2-4H2,1H3,(H,16,18)(H,19,20). The van der Waals surface area contributed by atoms with E-state index in [1.807, 2.05) is 0 Å². The molecular weight excluding hydrogens is 281 g/mol. The number of amides is 1. The van der Waals surface area contributed by atoms with Gasteiger partial charge in [0.05, 0.1) is 7.11 Å². The summed E-state index contributed by atoms with van der Waals surface area (Å²) in [5, 5.41) is 11.4. The average molecular weight is 297 g/mol. The molecule has 1 aromatic rings. The first-order valence-corrected chi connectivity index (χ1v) is 6.30. The van der Waals surface area contributed by atoms with Crippen LogP contribution in [0.15, 0.2) is 24.3 Å². The molecule has 1 atom stereocenters. The molecule has 0 aliphatic heterocycles. The maximum atomic E-state index is 12.7. The molecule has 0 fully saturated rings. The van der Waals surface area contributed by atoms with Crippen LogP contribution in [-0.4, -0.2) is 36.1 Å². The van der Waals surface area contributed by atoms with E-state index in [2.05, 4.69) is 10.1 Å². The average Bonchev–Trinajstić information content (AvgIpc) is 2.46. The van der Waals surface area contributed by atoms with Gasteiger partial charge < -0.3 is 15.2 Å². The van der Waals surface area contributed by atoms with Gasteiger partial charge in [-0.15, -0.1) is 0 Å². The predicted octanol–water partition coefficient (Wildman–Crippen LogP) is 1.35. The lowest BCUT2D eigenvalue weighted by Gasteiger charge is -2.14. The van der Waals surface area contributed by atoms with Crippen LogP contribution in [0, 0.1) is 5.82 Å². The van der Waals surface area contributed by atoms with E-state index in [0.717, 1.165) is 12.1 Å². The van der Waals surface area contributed by atoms with Gasteiger partial charge in [0, 0.05) is 12.0 Å². The fourth-order valence-electron chi connectivity index (χ4n) is 1.65. The number of benzene rings is 1. The Kier molecular flexibility index (Phi) is 6.32. The van der Waals surface area contributed by atoms with Crippen LogP contribution >= 0.6 is 0 Å². The van der Waals surface area contributed by atoms with Crippen molar-refractivity contribution in [3.63, 3.8) is 0 Å². The Bertz CT molecular complexity index is 515. The van der Waals surface area contributed by atoms with Crippen LogP contribution in [0.1, 0.15) is 29.6 Å². The SMILES string of the molecule is COC(=O)CCCC(NC(=O)c1ccc(F)cc1)C(=O)O. The summed E-state index contributed by atoms with van der Waals surface area (Å²) in [5.74, 6) is -2.74. The molecule has 1 unspecified atom stereocenters. The lowest BCUT2D eigenvalue weighted by atomic mass is 10.1. The van der Waals surface area contributed by atoms with Gasteiger partial charge in [0.25, 0.3) is 5.91 Å². The third-order valence-electron chi connectivity index (χ3n) is 2.81. The van der Waals surface area contributed by atoms with Crippen molar-refractivity contribution in [3.05, 3.63) is 35.6 Å². The van der Waals surface area contributed by atoms with Crippen molar-refractivity contribution < 1.29 is 28.6 Å². The molecule has 7 heteroatoms. The zero-order valence-corrected chi connectivity index (χ0v) is 11.5. The number of halogens is 1. The lowest BCUT2D eigenvalue weighted by molar-refractivity contribution is -0.142. The van der Waals surface area contributed by atoms with Gasteiger partial charge in [-0.1, -0.05) is 0 Å². The highest BCUT2D eigenvalue weighted by Gasteiger charge is 2.20. The van der Waals surface area contributed by atoms with Crippen molar-refractivity contribution >= 4 is 17.8 Å². The van der Waals surface area contributed by atoms with Crippen LogP contribution in [-0.2, 0) is 14.3 Å². The number of rotatable bonds is 7. The summed E-state index contributed by atoms with van der Waals surface area (Å²) >= 11 is 0. The molecule has 2 N–H and O–H groups in total. The number of ether oxygens (including phenoxy) is 1. The number of carbonyl (C=O) groups is 3. The van der Waals surface area contributed by atoms with Crippen molar-refractivity contribution in [2.45, 2.75) is 25.3 Å². The molecule has 0 aliphatic rings. The summed E-state index contributed by atoms with van der Waals surface area (Å²) in [6, 6.07) is 3.63. The van der Waals surface area contributed by atoms with Gasteiger partial charge in [-0.2, -0.15) is 0 Å². The van der Waals surface area contributed by atoms with Gasteiger partial charge in [-0.3, -0.25) is 9.59 Å². The van der Waals surface area contributed by atoms with Crippen molar-refractivity contribution in [2.24, 2.45) is 0 Å². The summed E-state index contributed by atoms with van der Waals surface area (Å²) < 4.78 is 17.2. The maximum Gasteiger partial charge on any atom is 0.326 e. The molecule has 0 heterocycles. The van der Waals surface area contributed by atoms with E-state index in [9.17, 15) is 18.8 Å². The van der Waals surface area contributed by atoms with Crippen LogP contribution in [0.25, 0.3) is 0 Å². The lowest BCUT2D eigenvalue weighted by Crippen LogP contribution is -2.40. The molecule has 0 radical (unpaired) electrons. The molecular formula is C14H16FNO5. The number of carbonyl (C=O) groups excluding carboxylic acids is 2. The highest BCUT2D eigenvalue weighted by Crippen LogP contribution is 2.06. The minimum atomic E-state index is -1.20. The minimum Gasteiger partial charge on any atom is -0.480 e. The molecule has 0 saturated carbocycles. The van der Waals surface area contributed by atoms with E-state index in [1.165, 1.54) is 19.2 Å². The van der Waals surface area contributed by atoms with Crippen molar-refractivity contribution in [3.8, 4) is 0 Å². The molecule has 1 aromatic carbocycles. The van der Waals surface area contributed by atoms with E-state index in [-0.39, 0.29) is 24.8 Å². The molecule has 1 rings (SSSR count). The largest absolute Gasteiger partial charge is 0.480 e. The first-order chi connectivity index (χ1) is 9.93. The van der Waals surface area contributed by atoms with Gasteiger partial charge >= 0.3 is 11.9 Å². The molecule has 6 nitrogen and oxygen atoms in total. The van der Waals surface area contributed by atoms with Crippen LogP contribution < -0.4 is 5.32 Å². The predicted molar refractivity (Wildman–Crippen MR) is 71.2 cm³/mol. The number of methoxy groups -OCH3 is 1. The highest BCUT2D eigenvalue weighted by atomic mass is 19.1. The molecule has 0 aromatic heterocycles. The molecule has 114 valence electrons. The summed E-state index contributed by atoms with van der Waals surface area (Å²) in [4.78, 5) is 33.9. The minimum absolute atomic E-state index is 0.0761. The second kappa shape index (κ2) is 7.98. The zero-order chi connectivity index (χ0) is 15.8. The summed E-state index contributed by atoms with van der Waals surface area (Å²) in [5.41, 5.74) is 0.163. The van der Waals surface area contributed by atoms with Gasteiger partial charge in [0.15, 0.2) is 0 Å². The van der Waals surface area contributed by atoms with E-state index in [0.29, 0.717) is 0 Å². The number of carboxylic acid groups (broad SMARTS) is 1. The van der Waals surface area contributed by atoms with Gasteiger partial charge in [-0.05, 0) is 37.1 Å². The first-order valence-electron chi connectivity index (χ1n) is 6.30. The Morgan fingerprint density at radius 3 is 2.43 bits per heavy atom. The summed E-state index contributed by atoms with van der Waals surface area (Å²) in [6.45, 7) is 0. The van der Waals surface area contributed by atoms with Gasteiger partial charge in [0.1, 0.15) is 11.9 Å². The quantitative estimate of drug-likeness (QED) is 0.741. The smallest absolute Gasteiger partial charge is 0.326 e. The van der Waals surface area contributed by atoms with Gasteiger partial charge in [0.2, 0.25) is 0 Å². The molecule has 1 amide bonds. The van der Waals surface area contributed by atoms with Crippen molar-refractivity contribution in [2.75, 3.05) is 7.11 Å². The van der Waals surface area contributed by atoms with Crippen LogP contribution in [0.2, 0.25) is 0 Å². The number of esters is 1. The molecule has 0 saturated heterocycles. The normalized spacial score (nSPS) is 11.5. The van der Waals surface area contributed by atoms with Crippen LogP contribution in [0.4, 0.5) is 4.39 Å². The van der Waals surface area contributed by atoms with E-state index < -0.39 is 29.7 Å². The number of nitrogens with one attached hydrogen (secondary N) is 1. The van der Waals surface area contributed by atoms with Crippen LogP contribution in [0.3, 0.4) is 0 Å². The first kappa shape index (κ1) is 16.6. The fraction of sp³-hybridized carbons (Fsp3) is 0.357. The Morgan fingerprint density at radius 2 is 1.90 bits per heavy atom. The van der Waals surface area contributed by atoms with E-state index in [1.54, 1.807) is 0 Å². The fourth-order valence-corrected chi connectivity index (χ4v) is 1.65. The van der Waals surface area contributed by atoms with E-state index >= 15 is 0 Å². The Hall–Kier alpha value is -2.44. The number of carboxylic acids is 1. The molecule has 0 spiro atoms. The zero-order valence-electron chi connectivity index (χ0n) is 11.5. The van der Waals surface area contributed by atoms with Gasteiger partial charge in [-0.25, -0.2) is 9.18 Å². The third kappa shape index (κ3) is 5.60. The summed E-state index contributed by atoms with van der Waals surface area (Å²) in [6.07, 6.45) is 0.442. The summed E-state index contributed by atoms with van der Waals surface area (Å²) in [7, 11) is 1.24. The molecule has 0 aliphatic carbocycles. The molecule has 21 heavy (non-hydrogen) atoms. The number of hydrogen-bond acceptors (Lipinski definition) is 4. The Labute approximate surface area is 120 Å².